The molecule has 1 aliphatic carbocycles. The first-order chi connectivity index (χ1) is 19.3. The van der Waals surface area contributed by atoms with Crippen LogP contribution in [0.2, 0.25) is 0 Å². The lowest BCUT2D eigenvalue weighted by atomic mass is 9.97. The molecule has 1 aromatic carbocycles. The van der Waals surface area contributed by atoms with Crippen molar-refractivity contribution in [1.29, 1.82) is 0 Å². The topological polar surface area (TPSA) is 139 Å². The zero-order valence-corrected chi connectivity index (χ0v) is 23.5. The van der Waals surface area contributed by atoms with Crippen molar-refractivity contribution in [3.05, 3.63) is 82.0 Å². The monoisotopic (exact) mass is 559 g/mol. The number of nitrogens with one attached hydrogen (secondary N) is 3. The molecule has 0 saturated heterocycles. The van der Waals surface area contributed by atoms with Crippen LogP contribution in [0.25, 0.3) is 0 Å². The second-order valence-electron chi connectivity index (χ2n) is 9.76. The predicted molar refractivity (Wildman–Crippen MR) is 155 cm³/mol. The summed E-state index contributed by atoms with van der Waals surface area (Å²) in [5.74, 6) is 0.360. The van der Waals surface area contributed by atoms with Crippen molar-refractivity contribution in [2.24, 2.45) is 5.92 Å². The smallest absolute Gasteiger partial charge is 0.251 e. The van der Waals surface area contributed by atoms with E-state index in [1.165, 1.54) is 18.3 Å². The molecule has 0 radical (unpaired) electrons. The number of aromatic nitrogens is 4. The summed E-state index contributed by atoms with van der Waals surface area (Å²) in [7, 11) is 0. The molecule has 0 saturated carbocycles. The number of benzene rings is 1. The molecule has 3 aromatic rings. The minimum absolute atomic E-state index is 0.0935. The lowest BCUT2D eigenvalue weighted by Crippen LogP contribution is -2.25. The summed E-state index contributed by atoms with van der Waals surface area (Å²) >= 11 is 1.37. The molecule has 1 atom stereocenters. The van der Waals surface area contributed by atoms with Crippen molar-refractivity contribution in [3.63, 3.8) is 0 Å². The fourth-order valence-electron chi connectivity index (χ4n) is 4.20. The van der Waals surface area contributed by atoms with Gasteiger partial charge in [-0.05, 0) is 54.9 Å². The van der Waals surface area contributed by atoms with Crippen LogP contribution < -0.4 is 16.0 Å². The summed E-state index contributed by atoms with van der Waals surface area (Å²) in [5, 5.41) is 26.2. The molecular formula is C29H33N7O3S. The van der Waals surface area contributed by atoms with Crippen molar-refractivity contribution in [1.82, 2.24) is 25.7 Å². The van der Waals surface area contributed by atoms with Crippen LogP contribution in [0.1, 0.15) is 54.9 Å². The molecule has 2 heterocycles. The number of hydrogen-bond acceptors (Lipinski definition) is 8. The minimum Gasteiger partial charge on any atom is -0.348 e. The summed E-state index contributed by atoms with van der Waals surface area (Å²) in [4.78, 5) is 36.1. The van der Waals surface area contributed by atoms with Crippen LogP contribution in [-0.2, 0) is 40.2 Å². The van der Waals surface area contributed by atoms with Crippen LogP contribution in [0, 0.1) is 5.92 Å². The zero-order valence-electron chi connectivity index (χ0n) is 22.6. The Labute approximate surface area is 237 Å². The van der Waals surface area contributed by atoms with Gasteiger partial charge in [-0.2, -0.15) is 5.10 Å². The van der Waals surface area contributed by atoms with Gasteiger partial charge in [-0.1, -0.05) is 60.8 Å². The molecular weight excluding hydrogens is 526 g/mol. The summed E-state index contributed by atoms with van der Waals surface area (Å²) < 4.78 is 0. The molecule has 2 aromatic heterocycles. The van der Waals surface area contributed by atoms with Gasteiger partial charge in [-0.3, -0.25) is 14.4 Å². The van der Waals surface area contributed by atoms with E-state index in [2.05, 4.69) is 43.3 Å². The molecule has 11 heteroatoms. The highest BCUT2D eigenvalue weighted by molar-refractivity contribution is 7.15. The number of allylic oxidation sites excluding steroid dienone is 2. The highest BCUT2D eigenvalue weighted by Crippen LogP contribution is 2.19. The van der Waals surface area contributed by atoms with Gasteiger partial charge in [0.05, 0.1) is 12.1 Å². The molecule has 0 spiro atoms. The number of rotatable bonds is 12. The van der Waals surface area contributed by atoms with Crippen LogP contribution in [0.4, 0.5) is 10.9 Å². The Kier molecular flexibility index (Phi) is 10.2. The summed E-state index contributed by atoms with van der Waals surface area (Å²) in [6.45, 7) is 3.91. The lowest BCUT2D eigenvalue weighted by Gasteiger charge is -2.12. The number of aryl methyl sites for hydroxylation is 2. The molecule has 208 valence electrons. The third-order valence-corrected chi connectivity index (χ3v) is 7.05. The first-order valence-corrected chi connectivity index (χ1v) is 14.1. The second-order valence-corrected chi connectivity index (χ2v) is 10.8. The number of carbonyl (C=O) groups excluding carboxylic acids is 3. The van der Waals surface area contributed by atoms with Gasteiger partial charge in [-0.25, -0.2) is 0 Å². The predicted octanol–water partition coefficient (Wildman–Crippen LogP) is 4.17. The number of unbranched alkanes of at least 4 members (excludes halogenated alkanes) is 1. The van der Waals surface area contributed by atoms with E-state index >= 15 is 0 Å². The number of anilines is 2. The van der Waals surface area contributed by atoms with Crippen molar-refractivity contribution in [2.75, 3.05) is 10.6 Å². The van der Waals surface area contributed by atoms with Gasteiger partial charge in [0.25, 0.3) is 5.91 Å². The highest BCUT2D eigenvalue weighted by Gasteiger charge is 2.13. The van der Waals surface area contributed by atoms with E-state index < -0.39 is 0 Å². The van der Waals surface area contributed by atoms with Gasteiger partial charge >= 0.3 is 0 Å². The molecule has 1 unspecified atom stereocenters. The average molecular weight is 560 g/mol. The highest BCUT2D eigenvalue weighted by atomic mass is 32.1. The fourth-order valence-corrected chi connectivity index (χ4v) is 5.00. The molecule has 3 amide bonds. The second kappa shape index (κ2) is 14.2. The number of amides is 3. The SMILES string of the molecule is CC(=O)Nc1ccc(CCCCc2nnc(NC(=O)Cc3cccc(CNC(=O)C4=CC(C)CC=C4)c3)s2)nn1. The van der Waals surface area contributed by atoms with E-state index in [1.54, 1.807) is 6.07 Å². The Morgan fingerprint density at radius 1 is 0.975 bits per heavy atom. The molecule has 40 heavy (non-hydrogen) atoms. The summed E-state index contributed by atoms with van der Waals surface area (Å²) in [6, 6.07) is 11.2. The maximum atomic E-state index is 12.6. The van der Waals surface area contributed by atoms with Crippen molar-refractivity contribution >= 4 is 40.0 Å². The van der Waals surface area contributed by atoms with E-state index in [-0.39, 0.29) is 24.1 Å². The Morgan fingerprint density at radius 3 is 2.58 bits per heavy atom. The van der Waals surface area contributed by atoms with E-state index in [4.69, 9.17) is 0 Å². The van der Waals surface area contributed by atoms with Crippen molar-refractivity contribution in [2.45, 2.75) is 58.9 Å². The maximum Gasteiger partial charge on any atom is 0.251 e. The lowest BCUT2D eigenvalue weighted by molar-refractivity contribution is -0.117. The largest absolute Gasteiger partial charge is 0.348 e. The van der Waals surface area contributed by atoms with Crippen LogP contribution in [-0.4, -0.2) is 38.1 Å². The number of carbonyl (C=O) groups is 3. The first-order valence-electron chi connectivity index (χ1n) is 13.3. The molecule has 0 bridgehead atoms. The Balaban J connectivity index is 1.18. The molecule has 1 aliphatic rings. The Morgan fingerprint density at radius 2 is 1.80 bits per heavy atom. The van der Waals surface area contributed by atoms with Crippen LogP contribution in [0.5, 0.6) is 0 Å². The molecule has 0 fully saturated rings. The van der Waals surface area contributed by atoms with Crippen LogP contribution in [0.3, 0.4) is 0 Å². The van der Waals surface area contributed by atoms with Gasteiger partial charge in [0.1, 0.15) is 5.01 Å². The van der Waals surface area contributed by atoms with E-state index in [9.17, 15) is 14.4 Å². The summed E-state index contributed by atoms with van der Waals surface area (Å²) in [5.41, 5.74) is 3.33. The first kappa shape index (κ1) is 28.8. The van der Waals surface area contributed by atoms with Crippen molar-refractivity contribution in [3.8, 4) is 0 Å². The van der Waals surface area contributed by atoms with E-state index in [0.717, 1.165) is 53.9 Å². The van der Waals surface area contributed by atoms with Gasteiger partial charge in [0, 0.05) is 25.5 Å². The minimum atomic E-state index is -0.179. The van der Waals surface area contributed by atoms with Crippen LogP contribution >= 0.6 is 11.3 Å². The van der Waals surface area contributed by atoms with Gasteiger partial charge in [-0.15, -0.1) is 15.3 Å². The van der Waals surface area contributed by atoms with Crippen molar-refractivity contribution < 1.29 is 14.4 Å². The normalized spacial score (nSPS) is 14.3. The summed E-state index contributed by atoms with van der Waals surface area (Å²) in [6.07, 6.45) is 10.3. The Hall–Kier alpha value is -4.25. The van der Waals surface area contributed by atoms with Gasteiger partial charge in [0.15, 0.2) is 5.82 Å². The fraction of sp³-hybridized carbons (Fsp3) is 0.345. The van der Waals surface area contributed by atoms with E-state index in [1.807, 2.05) is 48.6 Å². The molecule has 3 N–H and O–H groups in total. The van der Waals surface area contributed by atoms with Gasteiger partial charge in [0.2, 0.25) is 16.9 Å². The standard InChI is InChI=1S/C29H33N7O3S/c1-19-7-5-10-23(15-19)28(39)30-18-22-9-6-8-21(16-22)17-26(38)32-29-36-35-27(40-29)12-4-3-11-24-13-14-25(34-33-24)31-20(2)37/h5-6,8-10,13-16,19H,3-4,7,11-12,17-18H2,1-2H3,(H,30,39)(H,31,34,37)(H,32,36,38). The quantitative estimate of drug-likeness (QED) is 0.283. The zero-order chi connectivity index (χ0) is 28.3. The van der Waals surface area contributed by atoms with Crippen LogP contribution in [0.15, 0.2) is 60.2 Å². The number of hydrogen-bond donors (Lipinski definition) is 3. The average Bonchev–Trinajstić information content (AvgIpc) is 3.37. The Bertz CT molecular complexity index is 1400. The van der Waals surface area contributed by atoms with Gasteiger partial charge < -0.3 is 16.0 Å². The third kappa shape index (κ3) is 9.19. The molecule has 10 nitrogen and oxygen atoms in total. The van der Waals surface area contributed by atoms with E-state index in [0.29, 0.717) is 29.0 Å². The number of nitrogens with zero attached hydrogens (tertiary/aromatic N) is 4. The molecule has 4 rings (SSSR count). The third-order valence-electron chi connectivity index (χ3n) is 6.15. The maximum absolute atomic E-state index is 12.6. The molecule has 0 aliphatic heterocycles.